The average molecular weight is 153 g/mol. The molecule has 1 saturated heterocycles. The minimum Gasteiger partial charge on any atom is -0.387 e. The van der Waals surface area contributed by atoms with Gasteiger partial charge in [-0.3, -0.25) is 5.43 Å². The van der Waals surface area contributed by atoms with Crippen LogP contribution in [0.5, 0.6) is 0 Å². The van der Waals surface area contributed by atoms with E-state index in [9.17, 15) is 0 Å². The fraction of sp³-hybridized carbons (Fsp3) is 0.750. The maximum atomic E-state index is 3.38. The summed E-state index contributed by atoms with van der Waals surface area (Å²) in [5.74, 6) is 0. The van der Waals surface area contributed by atoms with Gasteiger partial charge >= 0.3 is 0 Å². The average Bonchev–Trinajstić information content (AvgIpc) is 2.58. The lowest BCUT2D eigenvalue weighted by atomic mass is 10.1. The van der Waals surface area contributed by atoms with Gasteiger partial charge in [-0.25, -0.2) is 5.43 Å². The zero-order valence-corrected chi connectivity index (χ0v) is 6.69. The van der Waals surface area contributed by atoms with Gasteiger partial charge in [0.05, 0.1) is 6.04 Å². The minimum absolute atomic E-state index is 0.534. The lowest BCUT2D eigenvalue weighted by Gasteiger charge is -2.25. The van der Waals surface area contributed by atoms with Gasteiger partial charge in [0, 0.05) is 18.8 Å². The van der Waals surface area contributed by atoms with Crippen LogP contribution in [0.3, 0.4) is 0 Å². The molecule has 62 valence electrons. The monoisotopic (exact) mass is 153 g/mol. The summed E-state index contributed by atoms with van der Waals surface area (Å²) in [4.78, 5) is 0. The summed E-state index contributed by atoms with van der Waals surface area (Å²) in [6.45, 7) is 2.22. The number of hydrogen-bond donors (Lipinski definition) is 3. The highest BCUT2D eigenvalue weighted by molar-refractivity contribution is 5.13. The van der Waals surface area contributed by atoms with Gasteiger partial charge in [0.1, 0.15) is 0 Å². The summed E-state index contributed by atoms with van der Waals surface area (Å²) in [5.41, 5.74) is 7.85. The van der Waals surface area contributed by atoms with E-state index in [-0.39, 0.29) is 0 Å². The molecule has 0 bridgehead atoms. The van der Waals surface area contributed by atoms with Gasteiger partial charge in [-0.1, -0.05) is 6.08 Å². The van der Waals surface area contributed by atoms with Gasteiger partial charge < -0.3 is 5.32 Å². The molecule has 1 atom stereocenters. The van der Waals surface area contributed by atoms with Gasteiger partial charge in [-0.15, -0.1) is 0 Å². The van der Waals surface area contributed by atoms with Crippen molar-refractivity contribution in [2.45, 2.75) is 25.3 Å². The van der Waals surface area contributed by atoms with Crippen LogP contribution in [0.25, 0.3) is 0 Å². The summed E-state index contributed by atoms with van der Waals surface area (Å²) in [7, 11) is 0. The Hall–Kier alpha value is -0.540. The predicted octanol–water partition coefficient (Wildman–Crippen LogP) is 0.120. The molecule has 0 spiro atoms. The van der Waals surface area contributed by atoms with E-state index in [4.69, 9.17) is 0 Å². The molecule has 0 saturated carbocycles. The third-order valence-electron chi connectivity index (χ3n) is 2.28. The van der Waals surface area contributed by atoms with Crippen LogP contribution in [0, 0.1) is 0 Å². The molecule has 0 aromatic rings. The lowest BCUT2D eigenvalue weighted by Crippen LogP contribution is -2.48. The molecule has 3 heteroatoms. The summed E-state index contributed by atoms with van der Waals surface area (Å²) in [6, 6.07) is 0.534. The molecule has 0 aromatic carbocycles. The first-order valence-corrected chi connectivity index (χ1v) is 4.39. The number of hydrogen-bond acceptors (Lipinski definition) is 3. The molecule has 1 unspecified atom stereocenters. The molecule has 2 aliphatic heterocycles. The standard InChI is InChI=1S/C8H15N3/c1-3-7(9-5-1)8-4-2-6-10-11-8/h3,8-11H,1-2,4-6H2. The van der Waals surface area contributed by atoms with Crippen LogP contribution < -0.4 is 16.2 Å². The van der Waals surface area contributed by atoms with Crippen molar-refractivity contribution < 1.29 is 0 Å². The van der Waals surface area contributed by atoms with Crippen molar-refractivity contribution >= 4 is 0 Å². The second-order valence-corrected chi connectivity index (χ2v) is 3.14. The van der Waals surface area contributed by atoms with E-state index in [0.29, 0.717) is 6.04 Å². The van der Waals surface area contributed by atoms with E-state index >= 15 is 0 Å². The maximum Gasteiger partial charge on any atom is 0.0606 e. The second-order valence-electron chi connectivity index (χ2n) is 3.14. The largest absolute Gasteiger partial charge is 0.387 e. The zero-order chi connectivity index (χ0) is 7.52. The Morgan fingerprint density at radius 3 is 3.00 bits per heavy atom. The molecule has 0 amide bonds. The van der Waals surface area contributed by atoms with Crippen molar-refractivity contribution in [3.63, 3.8) is 0 Å². The van der Waals surface area contributed by atoms with Crippen molar-refractivity contribution in [3.05, 3.63) is 11.8 Å². The Balaban J connectivity index is 1.92. The SMILES string of the molecule is C1=C(C2CCCNN2)NCC1. The van der Waals surface area contributed by atoms with Crippen molar-refractivity contribution in [1.29, 1.82) is 0 Å². The Labute approximate surface area is 67.2 Å². The van der Waals surface area contributed by atoms with Crippen LogP contribution >= 0.6 is 0 Å². The van der Waals surface area contributed by atoms with Crippen molar-refractivity contribution in [3.8, 4) is 0 Å². The first-order chi connectivity index (χ1) is 5.47. The van der Waals surface area contributed by atoms with Gasteiger partial charge in [0.2, 0.25) is 0 Å². The lowest BCUT2D eigenvalue weighted by molar-refractivity contribution is 0.367. The van der Waals surface area contributed by atoms with Gasteiger partial charge in [0.15, 0.2) is 0 Å². The molecule has 2 heterocycles. The molecular weight excluding hydrogens is 138 g/mol. The molecule has 11 heavy (non-hydrogen) atoms. The quantitative estimate of drug-likeness (QED) is 0.501. The van der Waals surface area contributed by atoms with E-state index in [2.05, 4.69) is 22.2 Å². The van der Waals surface area contributed by atoms with E-state index in [1.807, 2.05) is 0 Å². The third-order valence-corrected chi connectivity index (χ3v) is 2.28. The third kappa shape index (κ3) is 1.54. The molecule has 1 fully saturated rings. The molecule has 3 nitrogen and oxygen atoms in total. The zero-order valence-electron chi connectivity index (χ0n) is 6.69. The van der Waals surface area contributed by atoms with E-state index in [1.54, 1.807) is 0 Å². The van der Waals surface area contributed by atoms with Crippen molar-refractivity contribution in [2.24, 2.45) is 0 Å². The fourth-order valence-corrected chi connectivity index (χ4v) is 1.68. The molecule has 3 N–H and O–H groups in total. The molecule has 0 aromatic heterocycles. The second kappa shape index (κ2) is 3.24. The Kier molecular flexibility index (Phi) is 2.10. The highest BCUT2D eigenvalue weighted by Gasteiger charge is 2.18. The van der Waals surface area contributed by atoms with Crippen LogP contribution in [-0.4, -0.2) is 19.1 Å². The van der Waals surface area contributed by atoms with Crippen LogP contribution in [0.2, 0.25) is 0 Å². The van der Waals surface area contributed by atoms with Crippen molar-refractivity contribution in [1.82, 2.24) is 16.2 Å². The number of hydrazine groups is 1. The summed E-state index contributed by atoms with van der Waals surface area (Å²) in [6.07, 6.45) is 6.01. The van der Waals surface area contributed by atoms with Gasteiger partial charge in [-0.2, -0.15) is 0 Å². The Morgan fingerprint density at radius 2 is 2.36 bits per heavy atom. The molecule has 0 radical (unpaired) electrons. The predicted molar refractivity (Wildman–Crippen MR) is 44.9 cm³/mol. The Morgan fingerprint density at radius 1 is 1.36 bits per heavy atom. The maximum absolute atomic E-state index is 3.38. The molecule has 2 rings (SSSR count). The first kappa shape index (κ1) is 7.13. The van der Waals surface area contributed by atoms with Crippen molar-refractivity contribution in [2.75, 3.05) is 13.1 Å². The van der Waals surface area contributed by atoms with E-state index in [0.717, 1.165) is 13.1 Å². The number of rotatable bonds is 1. The fourth-order valence-electron chi connectivity index (χ4n) is 1.68. The first-order valence-electron chi connectivity index (χ1n) is 4.39. The van der Waals surface area contributed by atoms with Gasteiger partial charge in [-0.05, 0) is 19.3 Å². The smallest absolute Gasteiger partial charge is 0.0606 e. The molecule has 0 aliphatic carbocycles. The van der Waals surface area contributed by atoms with Gasteiger partial charge in [0.25, 0.3) is 0 Å². The summed E-state index contributed by atoms with van der Waals surface area (Å²) in [5, 5.41) is 3.38. The summed E-state index contributed by atoms with van der Waals surface area (Å²) >= 11 is 0. The van der Waals surface area contributed by atoms with Crippen LogP contribution in [0.4, 0.5) is 0 Å². The topological polar surface area (TPSA) is 36.1 Å². The van der Waals surface area contributed by atoms with Crippen LogP contribution in [0.1, 0.15) is 19.3 Å². The minimum atomic E-state index is 0.534. The van der Waals surface area contributed by atoms with Crippen LogP contribution in [-0.2, 0) is 0 Å². The molecular formula is C8H15N3. The number of nitrogens with one attached hydrogen (secondary N) is 3. The summed E-state index contributed by atoms with van der Waals surface area (Å²) < 4.78 is 0. The van der Waals surface area contributed by atoms with E-state index < -0.39 is 0 Å². The van der Waals surface area contributed by atoms with Crippen LogP contribution in [0.15, 0.2) is 11.8 Å². The van der Waals surface area contributed by atoms with E-state index in [1.165, 1.54) is 25.0 Å². The molecule has 2 aliphatic rings. The highest BCUT2D eigenvalue weighted by atomic mass is 15.4. The highest BCUT2D eigenvalue weighted by Crippen LogP contribution is 2.12. The Bertz CT molecular complexity index is 159. The normalized spacial score (nSPS) is 31.3.